The lowest BCUT2D eigenvalue weighted by Crippen LogP contribution is -2.23. The van der Waals surface area contributed by atoms with Crippen LogP contribution in [0.5, 0.6) is 11.5 Å². The molecule has 134 valence electrons. The van der Waals surface area contributed by atoms with Crippen molar-refractivity contribution in [3.05, 3.63) is 84.6 Å². The summed E-state index contributed by atoms with van der Waals surface area (Å²) in [5.74, 6) is 0.245. The van der Waals surface area contributed by atoms with E-state index >= 15 is 0 Å². The number of allylic oxidation sites excluding steroid dienone is 1. The molecule has 0 fully saturated rings. The summed E-state index contributed by atoms with van der Waals surface area (Å²) in [7, 11) is 0. The zero-order chi connectivity index (χ0) is 18.8. The summed E-state index contributed by atoms with van der Waals surface area (Å²) >= 11 is 0. The first-order chi connectivity index (χ1) is 13.2. The van der Waals surface area contributed by atoms with Crippen LogP contribution < -0.4 is 4.74 Å². The van der Waals surface area contributed by atoms with E-state index in [-0.39, 0.29) is 11.8 Å². The topological polar surface area (TPSA) is 64.4 Å². The summed E-state index contributed by atoms with van der Waals surface area (Å²) in [4.78, 5) is 30.3. The number of ether oxygens (including phenoxy) is 1. The van der Waals surface area contributed by atoms with E-state index in [1.807, 2.05) is 42.0 Å². The van der Waals surface area contributed by atoms with Crippen LogP contribution in [-0.4, -0.2) is 26.3 Å². The number of carbonyl (C=O) groups excluding carboxylic acids is 2. The van der Waals surface area contributed by atoms with Crippen LogP contribution in [-0.2, 0) is 0 Å². The molecule has 0 spiro atoms. The number of imide groups is 1. The predicted molar refractivity (Wildman–Crippen MR) is 100 cm³/mol. The summed E-state index contributed by atoms with van der Waals surface area (Å²) in [5.41, 5.74) is 1.59. The molecule has 0 aliphatic carbocycles. The van der Waals surface area contributed by atoms with Gasteiger partial charge in [0.1, 0.15) is 11.5 Å². The Morgan fingerprint density at radius 3 is 2.59 bits per heavy atom. The molecule has 4 rings (SSSR count). The maximum absolute atomic E-state index is 12.7. The number of rotatable bonds is 5. The second-order valence-corrected chi connectivity index (χ2v) is 6.02. The van der Waals surface area contributed by atoms with Gasteiger partial charge in [0.05, 0.1) is 17.5 Å². The van der Waals surface area contributed by atoms with Gasteiger partial charge in [-0.1, -0.05) is 19.1 Å². The molecule has 1 aliphatic rings. The van der Waals surface area contributed by atoms with Gasteiger partial charge in [0.15, 0.2) is 0 Å². The molecule has 0 bridgehead atoms. The molecule has 1 aliphatic heterocycles. The standard InChI is InChI=1S/C21H17N3O3/c1-2-3-12-24-20(25)17-5-4-6-18(19(17)21(24)26)27-16-9-7-15(8-10-16)23-13-11-22-14-23/h3-14H,2H2,1H3. The van der Waals surface area contributed by atoms with Crippen molar-refractivity contribution in [1.82, 2.24) is 14.5 Å². The highest BCUT2D eigenvalue weighted by atomic mass is 16.5. The van der Waals surface area contributed by atoms with Gasteiger partial charge in [-0.15, -0.1) is 0 Å². The Morgan fingerprint density at radius 2 is 1.89 bits per heavy atom. The molecule has 3 aromatic rings. The average Bonchev–Trinajstić information content (AvgIpc) is 3.30. The van der Waals surface area contributed by atoms with Gasteiger partial charge in [0.25, 0.3) is 11.8 Å². The van der Waals surface area contributed by atoms with E-state index in [1.165, 1.54) is 6.20 Å². The van der Waals surface area contributed by atoms with E-state index in [1.54, 1.807) is 36.8 Å². The van der Waals surface area contributed by atoms with Crippen molar-refractivity contribution in [2.75, 3.05) is 0 Å². The number of nitrogens with zero attached hydrogens (tertiary/aromatic N) is 3. The molecular weight excluding hydrogens is 342 g/mol. The van der Waals surface area contributed by atoms with Crippen LogP contribution in [0, 0.1) is 0 Å². The Bertz CT molecular complexity index is 1020. The largest absolute Gasteiger partial charge is 0.457 e. The van der Waals surface area contributed by atoms with E-state index in [0.717, 1.165) is 17.0 Å². The zero-order valence-corrected chi connectivity index (χ0v) is 14.7. The number of carbonyl (C=O) groups is 2. The van der Waals surface area contributed by atoms with E-state index in [0.29, 0.717) is 22.6 Å². The summed E-state index contributed by atoms with van der Waals surface area (Å²) < 4.78 is 7.80. The molecule has 2 amide bonds. The van der Waals surface area contributed by atoms with Crippen molar-refractivity contribution in [2.45, 2.75) is 13.3 Å². The van der Waals surface area contributed by atoms with E-state index < -0.39 is 0 Å². The van der Waals surface area contributed by atoms with E-state index in [2.05, 4.69) is 4.98 Å². The molecule has 0 saturated carbocycles. The highest BCUT2D eigenvalue weighted by molar-refractivity contribution is 6.23. The van der Waals surface area contributed by atoms with Gasteiger partial charge in [0.2, 0.25) is 0 Å². The minimum absolute atomic E-state index is 0.293. The van der Waals surface area contributed by atoms with E-state index in [4.69, 9.17) is 4.74 Å². The minimum Gasteiger partial charge on any atom is -0.457 e. The summed E-state index contributed by atoms with van der Waals surface area (Å²) in [6, 6.07) is 12.5. The van der Waals surface area contributed by atoms with Gasteiger partial charge in [-0.25, -0.2) is 9.88 Å². The lowest BCUT2D eigenvalue weighted by Gasteiger charge is -2.10. The van der Waals surface area contributed by atoms with Crippen LogP contribution in [0.2, 0.25) is 0 Å². The minimum atomic E-state index is -0.370. The van der Waals surface area contributed by atoms with Crippen LogP contribution in [0.3, 0.4) is 0 Å². The quantitative estimate of drug-likeness (QED) is 0.641. The van der Waals surface area contributed by atoms with E-state index in [9.17, 15) is 9.59 Å². The Hall–Kier alpha value is -3.67. The van der Waals surface area contributed by atoms with Gasteiger partial charge in [-0.05, 0) is 42.8 Å². The van der Waals surface area contributed by atoms with Crippen molar-refractivity contribution >= 4 is 11.8 Å². The van der Waals surface area contributed by atoms with Crippen molar-refractivity contribution in [3.8, 4) is 17.2 Å². The first-order valence-corrected chi connectivity index (χ1v) is 8.63. The third-order valence-electron chi connectivity index (χ3n) is 4.27. The molecular formula is C21H17N3O3. The molecule has 0 N–H and O–H groups in total. The predicted octanol–water partition coefficient (Wildman–Crippen LogP) is 4.18. The number of amides is 2. The Morgan fingerprint density at radius 1 is 1.07 bits per heavy atom. The molecule has 27 heavy (non-hydrogen) atoms. The van der Waals surface area contributed by atoms with Crippen LogP contribution in [0.25, 0.3) is 5.69 Å². The van der Waals surface area contributed by atoms with Gasteiger partial charge >= 0.3 is 0 Å². The molecule has 0 saturated heterocycles. The fourth-order valence-electron chi connectivity index (χ4n) is 2.93. The fraction of sp³-hybridized carbons (Fsp3) is 0.0952. The van der Waals surface area contributed by atoms with Crippen molar-refractivity contribution in [2.24, 2.45) is 0 Å². The number of imidazole rings is 1. The monoisotopic (exact) mass is 359 g/mol. The fourth-order valence-corrected chi connectivity index (χ4v) is 2.93. The second-order valence-electron chi connectivity index (χ2n) is 6.02. The van der Waals surface area contributed by atoms with Crippen LogP contribution in [0.15, 0.2) is 73.5 Å². The summed E-state index contributed by atoms with van der Waals surface area (Å²) in [6.45, 7) is 1.94. The highest BCUT2D eigenvalue weighted by Crippen LogP contribution is 2.34. The molecule has 6 heteroatoms. The summed E-state index contributed by atoms with van der Waals surface area (Å²) in [6.07, 6.45) is 9.30. The first kappa shape index (κ1) is 16.8. The molecule has 1 aromatic heterocycles. The lowest BCUT2D eigenvalue weighted by atomic mass is 10.1. The average molecular weight is 359 g/mol. The SMILES string of the molecule is CCC=CN1C(=O)c2cccc(Oc3ccc(-n4ccnc4)cc3)c2C1=O. The Balaban J connectivity index is 1.63. The van der Waals surface area contributed by atoms with Crippen molar-refractivity contribution in [1.29, 1.82) is 0 Å². The van der Waals surface area contributed by atoms with Crippen LogP contribution >= 0.6 is 0 Å². The van der Waals surface area contributed by atoms with Crippen molar-refractivity contribution in [3.63, 3.8) is 0 Å². The number of hydrogen-bond donors (Lipinski definition) is 0. The maximum Gasteiger partial charge on any atom is 0.269 e. The number of benzene rings is 2. The Labute approximate surface area is 156 Å². The number of fused-ring (bicyclic) bond motifs is 1. The number of hydrogen-bond acceptors (Lipinski definition) is 4. The van der Waals surface area contributed by atoms with Gasteiger partial charge in [0, 0.05) is 24.3 Å². The summed E-state index contributed by atoms with van der Waals surface area (Å²) in [5, 5.41) is 0. The normalized spacial score (nSPS) is 13.4. The van der Waals surface area contributed by atoms with Gasteiger partial charge in [-0.3, -0.25) is 9.59 Å². The molecule has 2 aromatic carbocycles. The van der Waals surface area contributed by atoms with Gasteiger partial charge < -0.3 is 9.30 Å². The lowest BCUT2D eigenvalue weighted by molar-refractivity contribution is 0.0720. The van der Waals surface area contributed by atoms with Crippen molar-refractivity contribution < 1.29 is 14.3 Å². The molecule has 0 atom stereocenters. The second kappa shape index (κ2) is 6.92. The Kier molecular flexibility index (Phi) is 4.30. The molecule has 0 unspecified atom stereocenters. The first-order valence-electron chi connectivity index (χ1n) is 8.63. The third kappa shape index (κ3) is 3.01. The van der Waals surface area contributed by atoms with Crippen LogP contribution in [0.4, 0.5) is 0 Å². The molecule has 0 radical (unpaired) electrons. The third-order valence-corrected chi connectivity index (χ3v) is 4.27. The van der Waals surface area contributed by atoms with Gasteiger partial charge in [-0.2, -0.15) is 0 Å². The highest BCUT2D eigenvalue weighted by Gasteiger charge is 2.37. The smallest absolute Gasteiger partial charge is 0.269 e. The molecule has 2 heterocycles. The zero-order valence-electron chi connectivity index (χ0n) is 14.7. The maximum atomic E-state index is 12.7. The number of aromatic nitrogens is 2. The van der Waals surface area contributed by atoms with Crippen LogP contribution in [0.1, 0.15) is 34.1 Å². The molecule has 6 nitrogen and oxygen atoms in total.